The van der Waals surface area contributed by atoms with Crippen LogP contribution in [0.4, 0.5) is 5.69 Å². The standard InChI is InChI=1S/C22H29ClN2O2/c1-14-4-5-18(23)10-19(14)25-20(26)3-2-6-24-21(27)22-11-15-7-16(12-22)9-17(8-15)13-22/h4-5,10,15-17H,2-3,6-9,11-13H2,1H3,(H,24,27)(H,25,26). The normalized spacial score (nSPS) is 31.0. The molecule has 0 heterocycles. The van der Waals surface area contributed by atoms with Crippen LogP contribution in [0.15, 0.2) is 18.2 Å². The van der Waals surface area contributed by atoms with Crippen molar-refractivity contribution in [2.24, 2.45) is 23.2 Å². The third kappa shape index (κ3) is 4.01. The molecule has 5 heteroatoms. The highest BCUT2D eigenvalue weighted by Gasteiger charge is 2.54. The molecule has 0 unspecified atom stereocenters. The summed E-state index contributed by atoms with van der Waals surface area (Å²) in [5.74, 6) is 2.52. The van der Waals surface area contributed by atoms with Gasteiger partial charge in [0, 0.05) is 29.1 Å². The second kappa shape index (κ2) is 7.46. The zero-order valence-electron chi connectivity index (χ0n) is 16.0. The van der Waals surface area contributed by atoms with Crippen molar-refractivity contribution in [2.45, 2.75) is 58.3 Å². The van der Waals surface area contributed by atoms with E-state index in [0.717, 1.165) is 48.3 Å². The summed E-state index contributed by atoms with van der Waals surface area (Å²) in [5.41, 5.74) is 1.64. The molecule has 146 valence electrons. The lowest BCUT2D eigenvalue weighted by Gasteiger charge is -2.55. The Bertz CT molecular complexity index is 711. The Morgan fingerprint density at radius 1 is 1.11 bits per heavy atom. The molecule has 1 aromatic rings. The van der Waals surface area contributed by atoms with Crippen molar-refractivity contribution < 1.29 is 9.59 Å². The van der Waals surface area contributed by atoms with E-state index in [9.17, 15) is 9.59 Å². The van der Waals surface area contributed by atoms with Gasteiger partial charge in [0.2, 0.25) is 11.8 Å². The molecule has 4 saturated carbocycles. The minimum Gasteiger partial charge on any atom is -0.356 e. The highest BCUT2D eigenvalue weighted by molar-refractivity contribution is 6.31. The van der Waals surface area contributed by atoms with Crippen LogP contribution in [0.1, 0.15) is 56.9 Å². The summed E-state index contributed by atoms with van der Waals surface area (Å²) in [7, 11) is 0. The highest BCUT2D eigenvalue weighted by atomic mass is 35.5. The third-order valence-electron chi connectivity index (χ3n) is 6.86. The molecule has 27 heavy (non-hydrogen) atoms. The van der Waals surface area contributed by atoms with Gasteiger partial charge >= 0.3 is 0 Å². The van der Waals surface area contributed by atoms with Gasteiger partial charge in [-0.25, -0.2) is 0 Å². The molecule has 4 bridgehead atoms. The SMILES string of the molecule is Cc1ccc(Cl)cc1NC(=O)CCCNC(=O)C12CC3CC(CC(C3)C1)C2. The Hall–Kier alpha value is -1.55. The first-order valence-electron chi connectivity index (χ1n) is 10.3. The minimum atomic E-state index is -0.102. The van der Waals surface area contributed by atoms with E-state index >= 15 is 0 Å². The Labute approximate surface area is 166 Å². The number of hydrogen-bond donors (Lipinski definition) is 2. The van der Waals surface area contributed by atoms with Gasteiger partial charge < -0.3 is 10.6 Å². The van der Waals surface area contributed by atoms with E-state index in [4.69, 9.17) is 11.6 Å². The van der Waals surface area contributed by atoms with Gasteiger partial charge in [-0.3, -0.25) is 9.59 Å². The molecule has 2 amide bonds. The monoisotopic (exact) mass is 388 g/mol. The molecule has 0 saturated heterocycles. The Balaban J connectivity index is 1.23. The van der Waals surface area contributed by atoms with Crippen LogP contribution >= 0.6 is 11.6 Å². The fraction of sp³-hybridized carbons (Fsp3) is 0.636. The molecule has 2 N–H and O–H groups in total. The number of carbonyl (C=O) groups is 2. The summed E-state index contributed by atoms with van der Waals surface area (Å²) >= 11 is 5.99. The van der Waals surface area contributed by atoms with Crippen LogP contribution in [0, 0.1) is 30.1 Å². The lowest BCUT2D eigenvalue weighted by molar-refractivity contribution is -0.146. The number of nitrogens with one attached hydrogen (secondary N) is 2. The summed E-state index contributed by atoms with van der Waals surface area (Å²) in [5, 5.41) is 6.66. The van der Waals surface area contributed by atoms with Gasteiger partial charge in [0.05, 0.1) is 0 Å². The van der Waals surface area contributed by atoms with E-state index in [1.54, 1.807) is 6.07 Å². The van der Waals surface area contributed by atoms with E-state index in [2.05, 4.69) is 10.6 Å². The fourth-order valence-electron chi connectivity index (χ4n) is 5.97. The van der Waals surface area contributed by atoms with E-state index in [-0.39, 0.29) is 17.2 Å². The van der Waals surface area contributed by atoms with Crippen molar-refractivity contribution in [3.63, 3.8) is 0 Å². The second-order valence-electron chi connectivity index (χ2n) is 9.06. The molecular formula is C22H29ClN2O2. The van der Waals surface area contributed by atoms with Gasteiger partial charge in [-0.1, -0.05) is 17.7 Å². The molecule has 0 radical (unpaired) electrons. The van der Waals surface area contributed by atoms with E-state index in [1.165, 1.54) is 19.3 Å². The molecule has 4 aliphatic rings. The van der Waals surface area contributed by atoms with Crippen molar-refractivity contribution in [2.75, 3.05) is 11.9 Å². The summed E-state index contributed by atoms with van der Waals surface area (Å²) in [6.45, 7) is 2.51. The van der Waals surface area contributed by atoms with Crippen molar-refractivity contribution in [3.8, 4) is 0 Å². The summed E-state index contributed by atoms with van der Waals surface area (Å²) < 4.78 is 0. The molecule has 5 rings (SSSR count). The molecule has 4 aliphatic carbocycles. The quantitative estimate of drug-likeness (QED) is 0.694. The van der Waals surface area contributed by atoms with Gasteiger partial charge in [-0.15, -0.1) is 0 Å². The average Bonchev–Trinajstić information content (AvgIpc) is 2.60. The topological polar surface area (TPSA) is 58.2 Å². The maximum atomic E-state index is 12.9. The first-order valence-corrected chi connectivity index (χ1v) is 10.7. The first kappa shape index (κ1) is 18.8. The van der Waals surface area contributed by atoms with Crippen LogP contribution in [0.25, 0.3) is 0 Å². The molecule has 0 aromatic heterocycles. The maximum Gasteiger partial charge on any atom is 0.226 e. The Morgan fingerprint density at radius 3 is 2.37 bits per heavy atom. The van der Waals surface area contributed by atoms with E-state index < -0.39 is 0 Å². The third-order valence-corrected chi connectivity index (χ3v) is 7.09. The van der Waals surface area contributed by atoms with Crippen LogP contribution < -0.4 is 10.6 Å². The van der Waals surface area contributed by atoms with Gasteiger partial charge in [0.25, 0.3) is 0 Å². The van der Waals surface area contributed by atoms with E-state index in [1.807, 2.05) is 19.1 Å². The zero-order chi connectivity index (χ0) is 19.0. The number of rotatable bonds is 6. The van der Waals surface area contributed by atoms with Crippen LogP contribution in [0.5, 0.6) is 0 Å². The van der Waals surface area contributed by atoms with Gasteiger partial charge in [-0.05, 0) is 87.3 Å². The lowest BCUT2D eigenvalue weighted by Crippen LogP contribution is -2.53. The number of amides is 2. The number of benzene rings is 1. The second-order valence-corrected chi connectivity index (χ2v) is 9.50. The summed E-state index contributed by atoms with van der Waals surface area (Å²) in [6, 6.07) is 5.47. The van der Waals surface area contributed by atoms with Crippen molar-refractivity contribution in [1.29, 1.82) is 0 Å². The first-order chi connectivity index (χ1) is 12.9. The Morgan fingerprint density at radius 2 is 1.74 bits per heavy atom. The number of halogens is 1. The molecule has 4 nitrogen and oxygen atoms in total. The maximum absolute atomic E-state index is 12.9. The number of carbonyl (C=O) groups excluding carboxylic acids is 2. The Kier molecular flexibility index (Phi) is 5.19. The van der Waals surface area contributed by atoms with Gasteiger partial charge in [0.15, 0.2) is 0 Å². The molecular weight excluding hydrogens is 360 g/mol. The smallest absolute Gasteiger partial charge is 0.226 e. The van der Waals surface area contributed by atoms with Gasteiger partial charge in [0.1, 0.15) is 0 Å². The molecule has 1 aromatic carbocycles. The molecule has 4 fully saturated rings. The van der Waals surface area contributed by atoms with Crippen LogP contribution in [-0.2, 0) is 9.59 Å². The van der Waals surface area contributed by atoms with E-state index in [0.29, 0.717) is 24.4 Å². The summed E-state index contributed by atoms with van der Waals surface area (Å²) in [4.78, 5) is 25.1. The number of anilines is 1. The molecule has 0 spiro atoms. The number of aryl methyl sites for hydroxylation is 1. The fourth-order valence-corrected chi connectivity index (χ4v) is 6.14. The molecule has 0 aliphatic heterocycles. The highest BCUT2D eigenvalue weighted by Crippen LogP contribution is 2.60. The number of hydrogen-bond acceptors (Lipinski definition) is 2. The minimum absolute atomic E-state index is 0.0376. The lowest BCUT2D eigenvalue weighted by atomic mass is 9.49. The van der Waals surface area contributed by atoms with Crippen LogP contribution in [-0.4, -0.2) is 18.4 Å². The predicted molar refractivity (Wildman–Crippen MR) is 108 cm³/mol. The molecule has 0 atom stereocenters. The van der Waals surface area contributed by atoms with Gasteiger partial charge in [-0.2, -0.15) is 0 Å². The largest absolute Gasteiger partial charge is 0.356 e. The van der Waals surface area contributed by atoms with Crippen LogP contribution in [0.2, 0.25) is 5.02 Å². The average molecular weight is 389 g/mol. The van der Waals surface area contributed by atoms with Crippen LogP contribution in [0.3, 0.4) is 0 Å². The van der Waals surface area contributed by atoms with Crippen molar-refractivity contribution >= 4 is 29.1 Å². The summed E-state index contributed by atoms with van der Waals surface area (Å²) in [6.07, 6.45) is 8.33. The zero-order valence-corrected chi connectivity index (χ0v) is 16.8. The predicted octanol–water partition coefficient (Wildman–Crippen LogP) is 4.70. The van der Waals surface area contributed by atoms with Crippen molar-refractivity contribution in [1.82, 2.24) is 5.32 Å². The van der Waals surface area contributed by atoms with Crippen molar-refractivity contribution in [3.05, 3.63) is 28.8 Å².